The number of aromatic amines is 1. The number of H-pyrrole nitrogens is 1. The van der Waals surface area contributed by atoms with Crippen LogP contribution in [0, 0.1) is 38.9 Å². The lowest BCUT2D eigenvalue weighted by molar-refractivity contribution is -0.384. The number of hydrogen-bond acceptors (Lipinski definition) is 16. The van der Waals surface area contributed by atoms with E-state index in [0.29, 0.717) is 99.7 Å². The van der Waals surface area contributed by atoms with Gasteiger partial charge in [0.1, 0.15) is 35.6 Å². The van der Waals surface area contributed by atoms with Gasteiger partial charge in [0.2, 0.25) is 5.88 Å². The fourth-order valence-electron chi connectivity index (χ4n) is 13.8. The van der Waals surface area contributed by atoms with Crippen molar-refractivity contribution in [2.45, 2.75) is 107 Å². The van der Waals surface area contributed by atoms with E-state index in [9.17, 15) is 32.1 Å². The predicted molar refractivity (Wildman–Crippen MR) is 303 cm³/mol. The molecular formula is C60H66F3N9O10S. The lowest BCUT2D eigenvalue weighted by Gasteiger charge is -2.58. The normalized spacial score (nSPS) is 23.1. The SMILES string of the molecule is CC(C)Oc1ccc(F)cc1[C@@H]1CN(Cc2ccc(F)c(F)c2)CCN1C1CC2(CCN(c3ccc(C(=O)NS(=O)(=O)c4cc5c(c([N+](=O)[O-])c4)N[C@H](C4CCOCC4)CO5)c(N4c5cc6cc[nH]c6nc5O[C@H]5COCC[C@@H]54)c3)CC2)C1. The predicted octanol–water partition coefficient (Wildman–Crippen LogP) is 9.39. The molecule has 4 saturated heterocycles. The summed E-state index contributed by atoms with van der Waals surface area (Å²) in [5.41, 5.74) is 3.53. The van der Waals surface area contributed by atoms with Gasteiger partial charge in [0.05, 0.1) is 51.9 Å². The molecule has 8 heterocycles. The van der Waals surface area contributed by atoms with E-state index in [0.717, 1.165) is 67.3 Å². The first-order chi connectivity index (χ1) is 40.0. The number of nitrogens with zero attached hydrogens (tertiary/aromatic N) is 6. The summed E-state index contributed by atoms with van der Waals surface area (Å²) in [6.45, 7) is 9.54. The fourth-order valence-corrected chi connectivity index (χ4v) is 14.8. The quantitative estimate of drug-likeness (QED) is 0.0727. The number of benzene rings is 4. The van der Waals surface area contributed by atoms with Crippen molar-refractivity contribution in [3.8, 4) is 17.4 Å². The molecule has 1 saturated carbocycles. The first-order valence-electron chi connectivity index (χ1n) is 28.7. The summed E-state index contributed by atoms with van der Waals surface area (Å²) in [4.78, 5) is 43.4. The van der Waals surface area contributed by atoms with Crippen LogP contribution in [0.5, 0.6) is 17.4 Å². The maximum Gasteiger partial charge on any atom is 0.297 e. The Bertz CT molecular complexity index is 3590. The van der Waals surface area contributed by atoms with Gasteiger partial charge < -0.3 is 43.8 Å². The third-order valence-electron chi connectivity index (χ3n) is 18.0. The second kappa shape index (κ2) is 22.1. The number of ether oxygens (including phenoxy) is 5. The van der Waals surface area contributed by atoms with E-state index >= 15 is 4.39 Å². The van der Waals surface area contributed by atoms with Crippen molar-refractivity contribution < 1.29 is 55.0 Å². The number of rotatable bonds is 13. The molecule has 0 bridgehead atoms. The molecule has 7 aliphatic rings. The van der Waals surface area contributed by atoms with Gasteiger partial charge in [-0.3, -0.25) is 24.7 Å². The summed E-state index contributed by atoms with van der Waals surface area (Å²) < 4.78 is 105. The van der Waals surface area contributed by atoms with Gasteiger partial charge in [-0.1, -0.05) is 6.07 Å². The fraction of sp³-hybridized carbons (Fsp3) is 0.467. The number of anilines is 4. The van der Waals surface area contributed by atoms with Gasteiger partial charge in [-0.25, -0.2) is 26.3 Å². The van der Waals surface area contributed by atoms with E-state index in [1.165, 1.54) is 18.2 Å². The molecule has 3 N–H and O–H groups in total. The van der Waals surface area contributed by atoms with Gasteiger partial charge >= 0.3 is 0 Å². The topological polar surface area (TPSA) is 206 Å². The van der Waals surface area contributed by atoms with Crippen molar-refractivity contribution in [2.24, 2.45) is 11.3 Å². The van der Waals surface area contributed by atoms with Crippen LogP contribution in [0.25, 0.3) is 11.0 Å². The summed E-state index contributed by atoms with van der Waals surface area (Å²) >= 11 is 0. The number of sulfonamides is 1. The average Bonchev–Trinajstić information content (AvgIpc) is 4.17. The van der Waals surface area contributed by atoms with Gasteiger partial charge in [0, 0.05) is 100 Å². The van der Waals surface area contributed by atoms with Crippen LogP contribution in [0.4, 0.5) is 41.6 Å². The van der Waals surface area contributed by atoms with Gasteiger partial charge in [-0.05, 0) is 136 Å². The smallest absolute Gasteiger partial charge is 0.297 e. The highest BCUT2D eigenvalue weighted by atomic mass is 32.2. The minimum atomic E-state index is -4.75. The van der Waals surface area contributed by atoms with E-state index in [1.807, 2.05) is 43.0 Å². The lowest BCUT2D eigenvalue weighted by Crippen LogP contribution is -2.59. The Morgan fingerprint density at radius 1 is 0.904 bits per heavy atom. The molecule has 19 nitrogen and oxygen atoms in total. The van der Waals surface area contributed by atoms with Crippen LogP contribution < -0.4 is 34.0 Å². The van der Waals surface area contributed by atoms with E-state index in [1.54, 1.807) is 30.5 Å². The lowest BCUT2D eigenvalue weighted by atomic mass is 9.59. The maximum atomic E-state index is 15.2. The third kappa shape index (κ3) is 10.8. The summed E-state index contributed by atoms with van der Waals surface area (Å²) in [6.07, 6.45) is 6.76. The number of carbonyl (C=O) groups excluding carboxylic acids is 1. The molecule has 1 spiro atoms. The molecule has 4 atom stereocenters. The van der Waals surface area contributed by atoms with Crippen LogP contribution in [0.3, 0.4) is 0 Å². The monoisotopic (exact) mass is 1160 g/mol. The number of nitro benzene ring substituents is 1. The van der Waals surface area contributed by atoms with E-state index < -0.39 is 49.2 Å². The van der Waals surface area contributed by atoms with E-state index in [2.05, 4.69) is 29.7 Å². The molecule has 0 unspecified atom stereocenters. The summed E-state index contributed by atoms with van der Waals surface area (Å²) in [5, 5.41) is 16.6. The van der Waals surface area contributed by atoms with Crippen LogP contribution in [0.1, 0.15) is 86.3 Å². The van der Waals surface area contributed by atoms with Crippen molar-refractivity contribution >= 4 is 55.4 Å². The number of nitro groups is 1. The zero-order valence-electron chi connectivity index (χ0n) is 46.2. The number of piperazine rings is 1. The molecule has 1 amide bonds. The van der Waals surface area contributed by atoms with Crippen LogP contribution >= 0.6 is 0 Å². The van der Waals surface area contributed by atoms with Crippen LogP contribution in [-0.2, 0) is 26.0 Å². The first kappa shape index (κ1) is 55.0. The summed E-state index contributed by atoms with van der Waals surface area (Å²) in [5.74, 6) is -2.02. The molecule has 2 aromatic heterocycles. The van der Waals surface area contributed by atoms with Gasteiger partial charge in [-0.15, -0.1) is 0 Å². The molecule has 6 aliphatic heterocycles. The number of halogens is 3. The number of piperidine rings is 1. The number of aromatic nitrogens is 2. The number of fused-ring (bicyclic) bond motifs is 4. The Hall–Kier alpha value is -7.18. The molecule has 6 aromatic rings. The summed E-state index contributed by atoms with van der Waals surface area (Å²) in [7, 11) is -4.75. The Morgan fingerprint density at radius 2 is 1.71 bits per heavy atom. The minimum Gasteiger partial charge on any atom is -0.491 e. The van der Waals surface area contributed by atoms with Gasteiger partial charge in [0.25, 0.3) is 21.6 Å². The van der Waals surface area contributed by atoms with Crippen molar-refractivity contribution in [1.82, 2.24) is 24.5 Å². The maximum absolute atomic E-state index is 15.2. The molecule has 13 rings (SSSR count). The Labute approximate surface area is 478 Å². The van der Waals surface area contributed by atoms with Crippen LogP contribution in [-0.4, -0.2) is 135 Å². The number of pyridine rings is 1. The zero-order chi connectivity index (χ0) is 57.3. The van der Waals surface area contributed by atoms with E-state index in [4.69, 9.17) is 28.7 Å². The largest absolute Gasteiger partial charge is 0.491 e. The molecule has 1 aliphatic carbocycles. The van der Waals surface area contributed by atoms with Crippen molar-refractivity contribution in [3.05, 3.63) is 129 Å². The van der Waals surface area contributed by atoms with Crippen LogP contribution in [0.2, 0.25) is 0 Å². The number of amides is 1. The highest BCUT2D eigenvalue weighted by Gasteiger charge is 2.51. The van der Waals surface area contributed by atoms with Gasteiger partial charge in [0.15, 0.2) is 23.1 Å². The van der Waals surface area contributed by atoms with Crippen molar-refractivity contribution in [2.75, 3.05) is 80.9 Å². The van der Waals surface area contributed by atoms with Crippen LogP contribution in [0.15, 0.2) is 90.0 Å². The summed E-state index contributed by atoms with van der Waals surface area (Å²) in [6, 6.07) is 19.5. The standard InChI is InChI=1S/C60H66F3N9O10S/c1-35(2)81-53-8-4-39(61)25-44(53)52-32-68(31-36-3-7-45(62)46(63)23-36)18-19-70(52)41-29-60(30-41)13-16-69(17-14-60)40-5-6-43(49(26-40)71-48-12-22-79-34-55(48)82-59-51(71)24-38-9-15-64-57(38)66-59)58(73)67-83(76,77)42-27-50(72(74)75)56-54(28-42)80-33-47(65-56)37-10-20-78-21-11-37/h3-9,15,23-28,35,37,41,47-48,52,55,65H,10-14,16-22,29-34H2,1-2H3,(H,64,66)(H,67,73)/t47-,48-,52-,55-/m0/s1. The zero-order valence-corrected chi connectivity index (χ0v) is 47.0. The number of nitrogens with one attached hydrogen (secondary N) is 3. The Balaban J connectivity index is 0.776. The molecular weight excluding hydrogens is 1100 g/mol. The second-order valence-corrected chi connectivity index (χ2v) is 25.2. The highest BCUT2D eigenvalue weighted by molar-refractivity contribution is 7.90. The van der Waals surface area contributed by atoms with Crippen molar-refractivity contribution in [1.29, 1.82) is 0 Å². The Kier molecular flexibility index (Phi) is 14.7. The molecule has 4 aromatic carbocycles. The number of hydrogen-bond donors (Lipinski definition) is 3. The molecule has 0 radical (unpaired) electrons. The molecule has 83 heavy (non-hydrogen) atoms. The minimum absolute atomic E-state index is 0.00322. The third-order valence-corrected chi connectivity index (χ3v) is 19.4. The average molecular weight is 1160 g/mol. The molecule has 438 valence electrons. The van der Waals surface area contributed by atoms with Crippen molar-refractivity contribution in [3.63, 3.8) is 0 Å². The highest BCUT2D eigenvalue weighted by Crippen LogP contribution is 2.54. The first-order valence-corrected chi connectivity index (χ1v) is 30.2. The Morgan fingerprint density at radius 3 is 2.49 bits per heavy atom. The van der Waals surface area contributed by atoms with Gasteiger partial charge in [-0.2, -0.15) is 4.98 Å². The van der Waals surface area contributed by atoms with E-state index in [-0.39, 0.29) is 77.6 Å². The second-order valence-electron chi connectivity index (χ2n) is 23.5. The molecule has 23 heteroatoms. The molecule has 5 fully saturated rings. The number of carbonyl (C=O) groups is 1.